The van der Waals surface area contributed by atoms with Crippen LogP contribution in [-0.4, -0.2) is 50.4 Å². The number of hydrogen-bond donors (Lipinski definition) is 1. The third-order valence-electron chi connectivity index (χ3n) is 4.77. The molecule has 0 rings (SSSR count). The van der Waals surface area contributed by atoms with E-state index in [1.165, 1.54) is 21.3 Å². The van der Waals surface area contributed by atoms with Crippen molar-refractivity contribution < 1.29 is 24.3 Å². The zero-order valence-corrected chi connectivity index (χ0v) is 19.3. The molecular weight excluding hydrogens is 384 g/mol. The molecule has 0 bridgehead atoms. The van der Waals surface area contributed by atoms with E-state index in [9.17, 15) is 9.90 Å². The number of unbranched alkanes of at least 4 members (excludes halogenated alkanes) is 3. The van der Waals surface area contributed by atoms with Gasteiger partial charge in [-0.05, 0) is 32.6 Å². The fraction of sp³-hybridized carbons (Fsp3) is 0.696. The van der Waals surface area contributed by atoms with E-state index < -0.39 is 6.10 Å². The van der Waals surface area contributed by atoms with Gasteiger partial charge in [0, 0.05) is 18.3 Å². The maximum Gasteiger partial charge on any atom is 0.305 e. The highest BCUT2D eigenvalue weighted by Gasteiger charge is 2.21. The third kappa shape index (κ3) is 13.9. The van der Waals surface area contributed by atoms with Crippen molar-refractivity contribution in [3.05, 3.63) is 24.3 Å². The predicted molar refractivity (Wildman–Crippen MR) is 122 cm³/mol. The SMILES string of the molecule is CCCCC[C@@H](O)/C=C/[C@@H](/C=N/OC)[C@@H](C/C=C\CCCC(=O)OC)/C(C)=N\OC. The van der Waals surface area contributed by atoms with Gasteiger partial charge in [-0.15, -0.1) is 0 Å². The Hall–Kier alpha value is -2.15. The molecule has 0 aromatic rings. The largest absolute Gasteiger partial charge is 0.469 e. The number of aliphatic hydroxyl groups excluding tert-OH is 1. The van der Waals surface area contributed by atoms with Gasteiger partial charge in [0.15, 0.2) is 0 Å². The lowest BCUT2D eigenvalue weighted by Crippen LogP contribution is -2.22. The number of ether oxygens (including phenoxy) is 1. The molecule has 0 amide bonds. The lowest BCUT2D eigenvalue weighted by molar-refractivity contribution is -0.140. The van der Waals surface area contributed by atoms with Crippen LogP contribution in [0.4, 0.5) is 0 Å². The van der Waals surface area contributed by atoms with Crippen LogP contribution in [0.25, 0.3) is 0 Å². The van der Waals surface area contributed by atoms with Crippen LogP contribution in [0.3, 0.4) is 0 Å². The van der Waals surface area contributed by atoms with Crippen molar-refractivity contribution in [1.29, 1.82) is 0 Å². The summed E-state index contributed by atoms with van der Waals surface area (Å²) in [6, 6.07) is 0. The minimum atomic E-state index is -0.482. The normalized spacial score (nSPS) is 15.6. The van der Waals surface area contributed by atoms with Crippen molar-refractivity contribution in [3.63, 3.8) is 0 Å². The van der Waals surface area contributed by atoms with Crippen LogP contribution >= 0.6 is 0 Å². The highest BCUT2D eigenvalue weighted by Crippen LogP contribution is 2.21. The molecular formula is C23H40N2O5. The monoisotopic (exact) mass is 424 g/mol. The first kappa shape index (κ1) is 27.8. The Bertz CT molecular complexity index is 558. The number of carbonyl (C=O) groups excluding carboxylic acids is 1. The summed E-state index contributed by atoms with van der Waals surface area (Å²) in [6.45, 7) is 4.06. The summed E-state index contributed by atoms with van der Waals surface area (Å²) in [5.74, 6) is -0.299. The highest BCUT2D eigenvalue weighted by atomic mass is 16.6. The topological polar surface area (TPSA) is 89.7 Å². The average molecular weight is 425 g/mol. The first-order chi connectivity index (χ1) is 14.5. The first-order valence-electron chi connectivity index (χ1n) is 10.7. The van der Waals surface area contributed by atoms with Crippen molar-refractivity contribution in [3.8, 4) is 0 Å². The molecule has 0 heterocycles. The number of oxime groups is 2. The lowest BCUT2D eigenvalue weighted by Gasteiger charge is -2.20. The summed E-state index contributed by atoms with van der Waals surface area (Å²) in [4.78, 5) is 21.0. The van der Waals surface area contributed by atoms with Gasteiger partial charge in [0.05, 0.1) is 25.1 Å². The maximum atomic E-state index is 11.2. The Morgan fingerprint density at radius 2 is 1.83 bits per heavy atom. The minimum Gasteiger partial charge on any atom is -0.469 e. The van der Waals surface area contributed by atoms with Gasteiger partial charge in [0.1, 0.15) is 14.2 Å². The first-order valence-corrected chi connectivity index (χ1v) is 10.7. The van der Waals surface area contributed by atoms with Crippen LogP contribution in [0.1, 0.15) is 65.2 Å². The molecule has 0 saturated carbocycles. The van der Waals surface area contributed by atoms with Gasteiger partial charge in [-0.25, -0.2) is 0 Å². The molecule has 0 saturated heterocycles. The fourth-order valence-corrected chi connectivity index (χ4v) is 3.02. The van der Waals surface area contributed by atoms with Gasteiger partial charge in [-0.2, -0.15) is 0 Å². The standard InChI is InChI=1S/C23H40N2O5/c1-6-7-10-13-21(26)17-16-20(18-24-29-4)22(19(2)25-30-5)14-11-8-9-12-15-23(27)28-3/h8,11,16-18,20-22,26H,6-7,9-10,12-15H2,1-5H3/b11-8-,17-16+,24-18+,25-19-/t20-,21+,22-/m0/s1. The predicted octanol–water partition coefficient (Wildman–Crippen LogP) is 4.66. The Kier molecular flexibility index (Phi) is 17.5. The number of aliphatic hydroxyl groups is 1. The molecule has 0 fully saturated rings. The quantitative estimate of drug-likeness (QED) is 0.121. The van der Waals surface area contributed by atoms with E-state index in [0.717, 1.165) is 44.2 Å². The van der Waals surface area contributed by atoms with Gasteiger partial charge in [-0.3, -0.25) is 4.79 Å². The van der Waals surface area contributed by atoms with Gasteiger partial charge in [0.2, 0.25) is 0 Å². The molecule has 0 aliphatic heterocycles. The Labute approximate surface area is 181 Å². The number of hydrogen-bond acceptors (Lipinski definition) is 7. The van der Waals surface area contributed by atoms with Gasteiger partial charge >= 0.3 is 5.97 Å². The van der Waals surface area contributed by atoms with E-state index in [1.807, 2.05) is 19.1 Å². The number of allylic oxidation sites excluding steroid dienone is 3. The number of rotatable bonds is 17. The number of carbonyl (C=O) groups is 1. The third-order valence-corrected chi connectivity index (χ3v) is 4.77. The number of methoxy groups -OCH3 is 1. The maximum absolute atomic E-state index is 11.2. The molecule has 0 aromatic heterocycles. The summed E-state index contributed by atoms with van der Waals surface area (Å²) in [5, 5.41) is 18.3. The second-order valence-electron chi connectivity index (χ2n) is 7.16. The van der Waals surface area contributed by atoms with Crippen LogP contribution < -0.4 is 0 Å². The van der Waals surface area contributed by atoms with Crippen molar-refractivity contribution in [1.82, 2.24) is 0 Å². The number of nitrogens with zero attached hydrogens (tertiary/aromatic N) is 2. The van der Waals surface area contributed by atoms with E-state index in [4.69, 9.17) is 9.68 Å². The lowest BCUT2D eigenvalue weighted by atomic mass is 9.85. The molecule has 30 heavy (non-hydrogen) atoms. The molecule has 3 atom stereocenters. The fourth-order valence-electron chi connectivity index (χ4n) is 3.02. The van der Waals surface area contributed by atoms with E-state index in [-0.39, 0.29) is 17.8 Å². The van der Waals surface area contributed by atoms with Crippen molar-refractivity contribution >= 4 is 17.9 Å². The van der Waals surface area contributed by atoms with Crippen molar-refractivity contribution in [2.45, 2.75) is 71.3 Å². The summed E-state index contributed by atoms with van der Waals surface area (Å²) in [6.07, 6.45) is 15.8. The second-order valence-corrected chi connectivity index (χ2v) is 7.16. The molecule has 1 N–H and O–H groups in total. The summed E-state index contributed by atoms with van der Waals surface area (Å²) >= 11 is 0. The summed E-state index contributed by atoms with van der Waals surface area (Å²) in [5.41, 5.74) is 0.828. The van der Waals surface area contributed by atoms with Crippen LogP contribution in [0.15, 0.2) is 34.6 Å². The molecule has 0 unspecified atom stereocenters. The molecule has 0 radical (unpaired) electrons. The van der Waals surface area contributed by atoms with Crippen LogP contribution in [0.2, 0.25) is 0 Å². The van der Waals surface area contributed by atoms with E-state index in [2.05, 4.69) is 34.1 Å². The molecule has 7 nitrogen and oxygen atoms in total. The van der Waals surface area contributed by atoms with Crippen molar-refractivity contribution in [2.24, 2.45) is 22.1 Å². The summed E-state index contributed by atoms with van der Waals surface area (Å²) < 4.78 is 4.65. The van der Waals surface area contributed by atoms with Crippen molar-refractivity contribution in [2.75, 3.05) is 21.3 Å². The van der Waals surface area contributed by atoms with Gasteiger partial charge in [0.25, 0.3) is 0 Å². The molecule has 0 aliphatic carbocycles. The second kappa shape index (κ2) is 18.9. The zero-order chi connectivity index (χ0) is 22.6. The zero-order valence-electron chi connectivity index (χ0n) is 19.3. The average Bonchev–Trinajstić information content (AvgIpc) is 2.74. The number of esters is 1. The Morgan fingerprint density at radius 1 is 1.07 bits per heavy atom. The molecule has 172 valence electrons. The van der Waals surface area contributed by atoms with Crippen LogP contribution in [0.5, 0.6) is 0 Å². The minimum absolute atomic E-state index is 0.000186. The van der Waals surface area contributed by atoms with Gasteiger partial charge < -0.3 is 19.5 Å². The molecule has 7 heteroatoms. The Balaban J connectivity index is 5.13. The van der Waals surface area contributed by atoms with E-state index in [0.29, 0.717) is 12.8 Å². The van der Waals surface area contributed by atoms with Crippen LogP contribution in [0, 0.1) is 11.8 Å². The smallest absolute Gasteiger partial charge is 0.305 e. The van der Waals surface area contributed by atoms with E-state index in [1.54, 1.807) is 6.21 Å². The Morgan fingerprint density at radius 3 is 2.47 bits per heavy atom. The highest BCUT2D eigenvalue weighted by molar-refractivity contribution is 5.87. The molecule has 0 aliphatic rings. The molecule has 0 spiro atoms. The van der Waals surface area contributed by atoms with Crippen LogP contribution in [-0.2, 0) is 19.2 Å². The van der Waals surface area contributed by atoms with Gasteiger partial charge in [-0.1, -0.05) is 60.8 Å². The van der Waals surface area contributed by atoms with E-state index >= 15 is 0 Å². The molecule has 0 aromatic carbocycles. The summed E-state index contributed by atoms with van der Waals surface area (Å²) in [7, 11) is 4.43.